The molecule has 1 saturated heterocycles. The number of amides is 2. The van der Waals surface area contributed by atoms with E-state index in [4.69, 9.17) is 9.47 Å². The lowest BCUT2D eigenvalue weighted by atomic mass is 10.1. The van der Waals surface area contributed by atoms with E-state index in [-0.39, 0.29) is 25.4 Å². The highest BCUT2D eigenvalue weighted by atomic mass is 19.4. The van der Waals surface area contributed by atoms with Crippen LogP contribution in [0.4, 0.5) is 18.0 Å². The van der Waals surface area contributed by atoms with Gasteiger partial charge in [-0.25, -0.2) is 9.48 Å². The van der Waals surface area contributed by atoms with Crippen molar-refractivity contribution in [2.24, 2.45) is 0 Å². The van der Waals surface area contributed by atoms with Gasteiger partial charge in [0.1, 0.15) is 5.60 Å². The Balaban J connectivity index is 1.76. The molecule has 1 fully saturated rings. The number of benzene rings is 1. The first kappa shape index (κ1) is 24.5. The average Bonchev–Trinajstić information content (AvgIpc) is 3.37. The van der Waals surface area contributed by atoms with Crippen LogP contribution >= 0.6 is 0 Å². The van der Waals surface area contributed by atoms with Crippen molar-refractivity contribution in [3.63, 3.8) is 0 Å². The number of carbonyl (C=O) groups excluding carboxylic acids is 2. The van der Waals surface area contributed by atoms with Crippen LogP contribution in [0.15, 0.2) is 30.5 Å². The van der Waals surface area contributed by atoms with Crippen molar-refractivity contribution in [3.05, 3.63) is 47.3 Å². The summed E-state index contributed by atoms with van der Waals surface area (Å²) in [6, 6.07) is 4.20. The van der Waals surface area contributed by atoms with Gasteiger partial charge >= 0.3 is 12.3 Å². The van der Waals surface area contributed by atoms with Gasteiger partial charge in [0.2, 0.25) is 0 Å². The Morgan fingerprint density at radius 1 is 1.15 bits per heavy atom. The number of rotatable bonds is 5. The summed E-state index contributed by atoms with van der Waals surface area (Å²) in [5.74, 6) is -0.412. The van der Waals surface area contributed by atoms with Crippen LogP contribution < -0.4 is 5.32 Å². The summed E-state index contributed by atoms with van der Waals surface area (Å²) in [5, 5.41) is 10.3. The number of ether oxygens (including phenoxy) is 2. The lowest BCUT2D eigenvalue weighted by molar-refractivity contribution is -0.137. The minimum atomic E-state index is -4.42. The molecule has 1 N–H and O–H groups in total. The third-order valence-electron chi connectivity index (χ3n) is 4.94. The molecule has 2 atom stereocenters. The fourth-order valence-corrected chi connectivity index (χ4v) is 3.31. The fraction of sp³-hybridized carbons (Fsp3) is 0.524. The van der Waals surface area contributed by atoms with Gasteiger partial charge in [-0.1, -0.05) is 17.3 Å². The second-order valence-corrected chi connectivity index (χ2v) is 8.66. The number of carbonyl (C=O) groups is 2. The van der Waals surface area contributed by atoms with Crippen LogP contribution in [0.25, 0.3) is 0 Å². The Morgan fingerprint density at radius 2 is 1.82 bits per heavy atom. The predicted molar refractivity (Wildman–Crippen MR) is 110 cm³/mol. The molecule has 180 valence electrons. The van der Waals surface area contributed by atoms with Crippen LogP contribution in [0.5, 0.6) is 0 Å². The maximum atomic E-state index is 12.8. The van der Waals surface area contributed by atoms with Crippen LogP contribution in [0.3, 0.4) is 0 Å². The largest absolute Gasteiger partial charge is 0.444 e. The monoisotopic (exact) mass is 469 g/mol. The quantitative estimate of drug-likeness (QED) is 0.723. The summed E-state index contributed by atoms with van der Waals surface area (Å²) < 4.78 is 51.2. The van der Waals surface area contributed by atoms with Crippen LogP contribution in [0.1, 0.15) is 48.4 Å². The van der Waals surface area contributed by atoms with Crippen molar-refractivity contribution in [2.45, 2.75) is 51.3 Å². The van der Waals surface area contributed by atoms with E-state index in [1.807, 2.05) is 0 Å². The van der Waals surface area contributed by atoms with Gasteiger partial charge in [0.05, 0.1) is 37.1 Å². The first-order chi connectivity index (χ1) is 15.4. The number of halogens is 3. The molecular formula is C21H26F3N5O4. The van der Waals surface area contributed by atoms with E-state index in [0.29, 0.717) is 5.56 Å². The molecule has 0 aliphatic carbocycles. The van der Waals surface area contributed by atoms with E-state index in [1.165, 1.54) is 35.0 Å². The molecule has 0 bridgehead atoms. The van der Waals surface area contributed by atoms with Crippen LogP contribution in [0, 0.1) is 0 Å². The summed E-state index contributed by atoms with van der Waals surface area (Å²) in [5.41, 5.74) is -0.784. The molecule has 2 aromatic rings. The Hall–Kier alpha value is -3.15. The van der Waals surface area contributed by atoms with Gasteiger partial charge in [-0.3, -0.25) is 4.79 Å². The smallest absolute Gasteiger partial charge is 0.416 e. The summed E-state index contributed by atoms with van der Waals surface area (Å²) >= 11 is 0. The van der Waals surface area contributed by atoms with Gasteiger partial charge in [0.15, 0.2) is 5.69 Å². The van der Waals surface area contributed by atoms with Crippen molar-refractivity contribution in [3.8, 4) is 0 Å². The third kappa shape index (κ3) is 6.21. The van der Waals surface area contributed by atoms with E-state index in [9.17, 15) is 22.8 Å². The number of aromatic nitrogens is 3. The SMILES string of the molecule is CNC(=O)c1cn(C2CN(C(=O)OC(C)(C)C)CC2OCc2ccc(C(F)(F)F)cc2)nn1. The Morgan fingerprint density at radius 3 is 2.39 bits per heavy atom. The second kappa shape index (κ2) is 9.38. The maximum absolute atomic E-state index is 12.8. The topological polar surface area (TPSA) is 98.6 Å². The molecule has 1 aliphatic heterocycles. The molecule has 33 heavy (non-hydrogen) atoms. The molecule has 0 spiro atoms. The molecular weight excluding hydrogens is 443 g/mol. The molecule has 2 heterocycles. The number of likely N-dealkylation sites (tertiary alicyclic amines) is 1. The molecule has 1 aromatic heterocycles. The van der Waals surface area contributed by atoms with Gasteiger partial charge in [-0.15, -0.1) is 5.10 Å². The Bertz CT molecular complexity index is 985. The van der Waals surface area contributed by atoms with Crippen molar-refractivity contribution >= 4 is 12.0 Å². The predicted octanol–water partition coefficient (Wildman–Crippen LogP) is 3.03. The molecule has 2 unspecified atom stereocenters. The first-order valence-electron chi connectivity index (χ1n) is 10.3. The van der Waals surface area contributed by atoms with Gasteiger partial charge < -0.3 is 19.7 Å². The van der Waals surface area contributed by atoms with Crippen LogP contribution in [-0.2, 0) is 22.3 Å². The number of hydrogen-bond acceptors (Lipinski definition) is 6. The molecule has 3 rings (SSSR count). The molecule has 0 saturated carbocycles. The average molecular weight is 469 g/mol. The summed E-state index contributed by atoms with van der Waals surface area (Å²) in [6.07, 6.45) is -4.05. The lowest BCUT2D eigenvalue weighted by Gasteiger charge is -2.24. The van der Waals surface area contributed by atoms with Gasteiger partial charge in [-0.2, -0.15) is 13.2 Å². The normalized spacial score (nSPS) is 18.9. The Kier molecular flexibility index (Phi) is 6.96. The fourth-order valence-electron chi connectivity index (χ4n) is 3.31. The van der Waals surface area contributed by atoms with Crippen LogP contribution in [0.2, 0.25) is 0 Å². The Labute approximate surface area is 188 Å². The van der Waals surface area contributed by atoms with Crippen molar-refractivity contribution in [1.82, 2.24) is 25.2 Å². The number of alkyl halides is 3. The molecule has 1 aliphatic rings. The highest BCUT2D eigenvalue weighted by Crippen LogP contribution is 2.30. The third-order valence-corrected chi connectivity index (χ3v) is 4.94. The van der Waals surface area contributed by atoms with Gasteiger partial charge in [0.25, 0.3) is 5.91 Å². The van der Waals surface area contributed by atoms with E-state index in [0.717, 1.165) is 12.1 Å². The highest BCUT2D eigenvalue weighted by Gasteiger charge is 2.40. The summed E-state index contributed by atoms with van der Waals surface area (Å²) in [6.45, 7) is 5.66. The molecule has 9 nitrogen and oxygen atoms in total. The zero-order chi connectivity index (χ0) is 24.4. The minimum absolute atomic E-state index is 0.0263. The standard InChI is InChI=1S/C21H26F3N5O4/c1-20(2,3)33-19(31)28-10-16(29-9-15(26-27-29)18(30)25-4)17(11-28)32-12-13-5-7-14(8-6-13)21(22,23)24/h5-9,16-17H,10-12H2,1-4H3,(H,25,30). The van der Waals surface area contributed by atoms with E-state index in [1.54, 1.807) is 20.8 Å². The molecule has 12 heteroatoms. The minimum Gasteiger partial charge on any atom is -0.444 e. The van der Waals surface area contributed by atoms with E-state index >= 15 is 0 Å². The molecule has 1 aromatic carbocycles. The van der Waals surface area contributed by atoms with Crippen LogP contribution in [-0.4, -0.2) is 63.7 Å². The molecule has 0 radical (unpaired) electrons. The lowest BCUT2D eigenvalue weighted by Crippen LogP contribution is -2.36. The van der Waals surface area contributed by atoms with Crippen molar-refractivity contribution in [1.29, 1.82) is 0 Å². The van der Waals surface area contributed by atoms with Crippen molar-refractivity contribution < 1.29 is 32.2 Å². The van der Waals surface area contributed by atoms with E-state index < -0.39 is 41.5 Å². The van der Waals surface area contributed by atoms with Gasteiger partial charge in [-0.05, 0) is 38.5 Å². The summed E-state index contributed by atoms with van der Waals surface area (Å²) in [7, 11) is 1.47. The molecule has 2 amide bonds. The number of nitrogens with one attached hydrogen (secondary N) is 1. The zero-order valence-corrected chi connectivity index (χ0v) is 18.7. The summed E-state index contributed by atoms with van der Waals surface area (Å²) in [4.78, 5) is 25.9. The second-order valence-electron chi connectivity index (χ2n) is 8.66. The maximum Gasteiger partial charge on any atom is 0.416 e. The van der Waals surface area contributed by atoms with E-state index in [2.05, 4.69) is 15.6 Å². The van der Waals surface area contributed by atoms with Gasteiger partial charge in [0, 0.05) is 13.6 Å². The highest BCUT2D eigenvalue weighted by molar-refractivity contribution is 5.91. The zero-order valence-electron chi connectivity index (χ0n) is 18.7. The van der Waals surface area contributed by atoms with Crippen molar-refractivity contribution in [2.75, 3.05) is 20.1 Å². The number of nitrogens with zero attached hydrogens (tertiary/aromatic N) is 4. The number of hydrogen-bond donors (Lipinski definition) is 1. The first-order valence-corrected chi connectivity index (χ1v) is 10.3.